The van der Waals surface area contributed by atoms with E-state index in [1.165, 1.54) is 14.5 Å². The van der Waals surface area contributed by atoms with Crippen LogP contribution in [0.4, 0.5) is 4.79 Å². The molecule has 148 valence electrons. The van der Waals surface area contributed by atoms with Crippen molar-refractivity contribution in [3.8, 4) is 0 Å². The number of hydrogen-bond acceptors (Lipinski definition) is 4. The Kier molecular flexibility index (Phi) is 4.39. The second-order valence-electron chi connectivity index (χ2n) is 8.56. The number of benzene rings is 1. The van der Waals surface area contributed by atoms with Crippen LogP contribution in [0.3, 0.4) is 0 Å². The Labute approximate surface area is 168 Å². The first kappa shape index (κ1) is 18.1. The maximum atomic E-state index is 13.3. The van der Waals surface area contributed by atoms with Crippen molar-refractivity contribution < 1.29 is 14.5 Å². The number of para-hydroxylation sites is 1. The molecule has 1 spiro atoms. The van der Waals surface area contributed by atoms with Gasteiger partial charge >= 0.3 is 6.03 Å². The maximum absolute atomic E-state index is 13.3. The van der Waals surface area contributed by atoms with Gasteiger partial charge in [0.1, 0.15) is 11.6 Å². The summed E-state index contributed by atoms with van der Waals surface area (Å²) in [5, 5.41) is 4.21. The molecular weight excluding hydrogens is 372 g/mol. The number of nitrogens with zero attached hydrogens (tertiary/aromatic N) is 2. The molecule has 1 unspecified atom stereocenters. The standard InChI is InChI=1S/C21H26N4O2S/c1-14-7-4-5-11-21(14)19(26)25(20(27)23-21)13-24-12-6-9-16(24)18-22-15-8-2-3-10-17(15)28-18/h2-3,8,10,14,16H,4-7,9,11-13H2,1H3,(H,23,27)/p+1/t14-,16+,21-/m0/s1. The number of imide groups is 1. The molecule has 1 aliphatic carbocycles. The second kappa shape index (κ2) is 6.81. The van der Waals surface area contributed by atoms with E-state index in [9.17, 15) is 9.59 Å². The third kappa shape index (κ3) is 2.75. The molecule has 2 aromatic rings. The van der Waals surface area contributed by atoms with Gasteiger partial charge in [-0.05, 0) is 30.9 Å². The number of hydrogen-bond donors (Lipinski definition) is 2. The molecule has 2 saturated heterocycles. The molecule has 4 atom stereocenters. The third-order valence-electron chi connectivity index (χ3n) is 6.95. The van der Waals surface area contributed by atoms with Crippen LogP contribution in [0.2, 0.25) is 0 Å². The lowest BCUT2D eigenvalue weighted by Gasteiger charge is -2.37. The monoisotopic (exact) mass is 399 g/mol. The van der Waals surface area contributed by atoms with Crippen LogP contribution in [-0.4, -0.2) is 40.6 Å². The number of fused-ring (bicyclic) bond motifs is 1. The maximum Gasteiger partial charge on any atom is 0.329 e. The molecule has 6 nitrogen and oxygen atoms in total. The number of nitrogens with one attached hydrogen (secondary N) is 2. The van der Waals surface area contributed by atoms with Gasteiger partial charge in [0, 0.05) is 12.8 Å². The lowest BCUT2D eigenvalue weighted by Crippen LogP contribution is -3.12. The van der Waals surface area contributed by atoms with Crippen molar-refractivity contribution in [2.75, 3.05) is 13.2 Å². The topological polar surface area (TPSA) is 66.7 Å². The molecule has 28 heavy (non-hydrogen) atoms. The van der Waals surface area contributed by atoms with Gasteiger partial charge in [0.2, 0.25) is 0 Å². The first-order chi connectivity index (χ1) is 13.6. The van der Waals surface area contributed by atoms with E-state index in [4.69, 9.17) is 4.98 Å². The Balaban J connectivity index is 1.37. The van der Waals surface area contributed by atoms with Gasteiger partial charge in [0.25, 0.3) is 5.91 Å². The summed E-state index contributed by atoms with van der Waals surface area (Å²) in [5.41, 5.74) is 0.374. The summed E-state index contributed by atoms with van der Waals surface area (Å²) in [5.74, 6) is 0.198. The van der Waals surface area contributed by atoms with Crippen molar-refractivity contribution in [3.05, 3.63) is 29.3 Å². The third-order valence-corrected chi connectivity index (χ3v) is 8.10. The molecule has 3 aliphatic rings. The van der Waals surface area contributed by atoms with E-state index in [1.807, 2.05) is 12.1 Å². The number of urea groups is 1. The Morgan fingerprint density at radius 3 is 2.93 bits per heavy atom. The van der Waals surface area contributed by atoms with Crippen LogP contribution in [0.25, 0.3) is 10.2 Å². The fraction of sp³-hybridized carbons (Fsp3) is 0.571. The smallest absolute Gasteiger partial charge is 0.323 e. The fourth-order valence-electron chi connectivity index (χ4n) is 5.28. The van der Waals surface area contributed by atoms with Gasteiger partial charge in [0.05, 0.1) is 16.8 Å². The summed E-state index contributed by atoms with van der Waals surface area (Å²) < 4.78 is 1.20. The minimum Gasteiger partial charge on any atom is -0.323 e. The first-order valence-corrected chi connectivity index (χ1v) is 11.2. The number of aromatic nitrogens is 1. The summed E-state index contributed by atoms with van der Waals surface area (Å²) in [4.78, 5) is 33.7. The number of carbonyl (C=O) groups is 2. The molecule has 2 aliphatic heterocycles. The number of rotatable bonds is 3. The van der Waals surface area contributed by atoms with Crippen LogP contribution in [0, 0.1) is 5.92 Å². The number of carbonyl (C=O) groups excluding carboxylic acids is 2. The molecule has 3 fully saturated rings. The number of quaternary nitrogens is 1. The van der Waals surface area contributed by atoms with Crippen molar-refractivity contribution in [1.82, 2.24) is 15.2 Å². The van der Waals surface area contributed by atoms with Crippen molar-refractivity contribution in [2.45, 2.75) is 57.0 Å². The predicted molar refractivity (Wildman–Crippen MR) is 108 cm³/mol. The minimum atomic E-state index is -0.667. The SMILES string of the molecule is C[C@H]1CCCC[C@]12NC(=O)N(C[NH+]1CCC[C@@H]1c1nc3ccccc3s1)C2=O. The molecule has 1 aromatic carbocycles. The lowest BCUT2D eigenvalue weighted by molar-refractivity contribution is -0.925. The van der Waals surface area contributed by atoms with Gasteiger partial charge in [-0.15, -0.1) is 11.3 Å². The Bertz CT molecular complexity index is 895. The summed E-state index contributed by atoms with van der Waals surface area (Å²) in [6, 6.07) is 8.27. The highest BCUT2D eigenvalue weighted by molar-refractivity contribution is 7.18. The zero-order chi connectivity index (χ0) is 19.3. The van der Waals surface area contributed by atoms with E-state index in [2.05, 4.69) is 24.4 Å². The molecule has 0 radical (unpaired) electrons. The Morgan fingerprint density at radius 1 is 1.25 bits per heavy atom. The number of thiazole rings is 1. The molecular formula is C21H27N4O2S+. The largest absolute Gasteiger partial charge is 0.329 e. The van der Waals surface area contributed by atoms with E-state index >= 15 is 0 Å². The summed E-state index contributed by atoms with van der Waals surface area (Å²) in [6.45, 7) is 3.52. The van der Waals surface area contributed by atoms with E-state index in [1.54, 1.807) is 11.3 Å². The average molecular weight is 400 g/mol. The zero-order valence-corrected chi connectivity index (χ0v) is 17.1. The van der Waals surface area contributed by atoms with Crippen LogP contribution in [0.1, 0.15) is 56.5 Å². The van der Waals surface area contributed by atoms with E-state index in [0.717, 1.165) is 55.6 Å². The molecule has 5 rings (SSSR count). The van der Waals surface area contributed by atoms with E-state index < -0.39 is 5.54 Å². The zero-order valence-electron chi connectivity index (χ0n) is 16.2. The fourth-order valence-corrected chi connectivity index (χ4v) is 6.44. The molecule has 3 amide bonds. The summed E-state index contributed by atoms with van der Waals surface area (Å²) in [7, 11) is 0. The molecule has 1 saturated carbocycles. The molecule has 2 N–H and O–H groups in total. The highest BCUT2D eigenvalue weighted by Gasteiger charge is 2.56. The van der Waals surface area contributed by atoms with Crippen LogP contribution in [-0.2, 0) is 4.79 Å². The van der Waals surface area contributed by atoms with Crippen LogP contribution >= 0.6 is 11.3 Å². The molecule has 3 heterocycles. The van der Waals surface area contributed by atoms with Crippen LogP contribution in [0.5, 0.6) is 0 Å². The van der Waals surface area contributed by atoms with Gasteiger partial charge < -0.3 is 10.2 Å². The van der Waals surface area contributed by atoms with Gasteiger partial charge in [-0.25, -0.2) is 14.7 Å². The van der Waals surface area contributed by atoms with Gasteiger partial charge in [-0.2, -0.15) is 0 Å². The Hall–Kier alpha value is -1.99. The average Bonchev–Trinajstić information content (AvgIpc) is 3.38. The molecule has 7 heteroatoms. The van der Waals surface area contributed by atoms with Crippen molar-refractivity contribution in [1.29, 1.82) is 0 Å². The second-order valence-corrected chi connectivity index (χ2v) is 9.62. The van der Waals surface area contributed by atoms with Gasteiger partial charge in [0.15, 0.2) is 11.7 Å². The van der Waals surface area contributed by atoms with Crippen LogP contribution < -0.4 is 10.2 Å². The van der Waals surface area contributed by atoms with Crippen molar-refractivity contribution in [3.63, 3.8) is 0 Å². The molecule has 1 aromatic heterocycles. The van der Waals surface area contributed by atoms with Crippen LogP contribution in [0.15, 0.2) is 24.3 Å². The number of likely N-dealkylation sites (tertiary alicyclic amines) is 1. The van der Waals surface area contributed by atoms with Crippen molar-refractivity contribution >= 4 is 33.5 Å². The summed E-state index contributed by atoms with van der Waals surface area (Å²) >= 11 is 1.74. The van der Waals surface area contributed by atoms with E-state index in [0.29, 0.717) is 6.67 Å². The van der Waals surface area contributed by atoms with Gasteiger partial charge in [-0.1, -0.05) is 31.9 Å². The van der Waals surface area contributed by atoms with Crippen molar-refractivity contribution in [2.24, 2.45) is 5.92 Å². The highest BCUT2D eigenvalue weighted by Crippen LogP contribution is 2.38. The Morgan fingerprint density at radius 2 is 2.11 bits per heavy atom. The summed E-state index contributed by atoms with van der Waals surface area (Å²) in [6.07, 6.45) is 6.08. The first-order valence-electron chi connectivity index (χ1n) is 10.4. The minimum absolute atomic E-state index is 0.00727. The number of amides is 3. The van der Waals surface area contributed by atoms with E-state index in [-0.39, 0.29) is 23.9 Å². The quantitative estimate of drug-likeness (QED) is 0.780. The predicted octanol–water partition coefficient (Wildman–Crippen LogP) is 2.47. The lowest BCUT2D eigenvalue weighted by atomic mass is 9.73. The normalized spacial score (nSPS) is 33.2. The van der Waals surface area contributed by atoms with Gasteiger partial charge in [-0.3, -0.25) is 4.79 Å². The molecule has 0 bridgehead atoms. The highest BCUT2D eigenvalue weighted by atomic mass is 32.1.